The Hall–Kier alpha value is -0.650. The van der Waals surface area contributed by atoms with Gasteiger partial charge in [0.2, 0.25) is 5.91 Å². The van der Waals surface area contributed by atoms with Gasteiger partial charge in [-0.15, -0.1) is 0 Å². The Balaban J connectivity index is 2.54. The Kier molecular flexibility index (Phi) is 4.70. The third-order valence-electron chi connectivity index (χ3n) is 3.31. The van der Waals surface area contributed by atoms with E-state index in [0.29, 0.717) is 6.61 Å². The number of nitrogens with two attached hydrogens (primary N) is 1. The van der Waals surface area contributed by atoms with Crippen LogP contribution in [0.4, 0.5) is 0 Å². The molecule has 5 heteroatoms. The van der Waals surface area contributed by atoms with Crippen molar-refractivity contribution in [3.63, 3.8) is 0 Å². The zero-order chi connectivity index (χ0) is 12.2. The van der Waals surface area contributed by atoms with Crippen molar-refractivity contribution in [2.75, 3.05) is 40.4 Å². The van der Waals surface area contributed by atoms with Crippen LogP contribution in [-0.4, -0.2) is 56.7 Å². The molecule has 2 atom stereocenters. The van der Waals surface area contributed by atoms with Crippen LogP contribution in [-0.2, 0) is 9.53 Å². The van der Waals surface area contributed by atoms with Crippen LogP contribution >= 0.6 is 0 Å². The van der Waals surface area contributed by atoms with Crippen LogP contribution in [0, 0.1) is 5.92 Å². The van der Waals surface area contributed by atoms with Gasteiger partial charge in [0.05, 0.1) is 12.1 Å². The summed E-state index contributed by atoms with van der Waals surface area (Å²) in [5.41, 5.74) is 4.85. The molecule has 16 heavy (non-hydrogen) atoms. The standard InChI is InChI=1S/C11H23N3O2/c1-11(10(12)15,9-4-7-16-8-9)13-5-6-14(2)3/h9,13H,4-8H2,1-3H3,(H2,12,15). The molecule has 3 N–H and O–H groups in total. The van der Waals surface area contributed by atoms with E-state index in [1.807, 2.05) is 21.0 Å². The lowest BCUT2D eigenvalue weighted by Crippen LogP contribution is -2.59. The summed E-state index contributed by atoms with van der Waals surface area (Å²) in [4.78, 5) is 13.6. The summed E-state index contributed by atoms with van der Waals surface area (Å²) in [6.07, 6.45) is 0.897. The number of hydrogen-bond acceptors (Lipinski definition) is 4. The van der Waals surface area contributed by atoms with Gasteiger partial charge in [-0.3, -0.25) is 4.79 Å². The highest BCUT2D eigenvalue weighted by atomic mass is 16.5. The second-order valence-electron chi connectivity index (χ2n) is 4.86. The average molecular weight is 229 g/mol. The number of carbonyl (C=O) groups excluding carboxylic acids is 1. The normalized spacial score (nSPS) is 24.6. The molecule has 0 bridgehead atoms. The van der Waals surface area contributed by atoms with Crippen LogP contribution in [0.25, 0.3) is 0 Å². The number of amides is 1. The quantitative estimate of drug-likeness (QED) is 0.639. The molecule has 94 valence electrons. The third-order valence-corrected chi connectivity index (χ3v) is 3.31. The highest BCUT2D eigenvalue weighted by molar-refractivity contribution is 5.84. The second-order valence-corrected chi connectivity index (χ2v) is 4.86. The van der Waals surface area contributed by atoms with Crippen molar-refractivity contribution in [1.29, 1.82) is 0 Å². The van der Waals surface area contributed by atoms with E-state index < -0.39 is 5.54 Å². The van der Waals surface area contributed by atoms with Gasteiger partial charge in [-0.05, 0) is 27.4 Å². The molecule has 1 aliphatic rings. The Labute approximate surface area is 97.3 Å². The molecule has 1 fully saturated rings. The molecule has 1 rings (SSSR count). The van der Waals surface area contributed by atoms with Crippen molar-refractivity contribution in [2.45, 2.75) is 18.9 Å². The van der Waals surface area contributed by atoms with Crippen LogP contribution in [0.15, 0.2) is 0 Å². The van der Waals surface area contributed by atoms with Gasteiger partial charge in [-0.1, -0.05) is 0 Å². The number of likely N-dealkylation sites (N-methyl/N-ethyl adjacent to an activating group) is 1. The van der Waals surface area contributed by atoms with Gasteiger partial charge in [0.25, 0.3) is 0 Å². The Bertz CT molecular complexity index is 239. The van der Waals surface area contributed by atoms with E-state index in [0.717, 1.165) is 26.1 Å². The van der Waals surface area contributed by atoms with Crippen molar-refractivity contribution < 1.29 is 9.53 Å². The minimum atomic E-state index is -0.646. The molecule has 2 unspecified atom stereocenters. The number of primary amides is 1. The smallest absolute Gasteiger partial charge is 0.237 e. The summed E-state index contributed by atoms with van der Waals surface area (Å²) in [6.45, 7) is 4.86. The third kappa shape index (κ3) is 3.17. The fourth-order valence-electron chi connectivity index (χ4n) is 1.96. The zero-order valence-corrected chi connectivity index (χ0v) is 10.5. The van der Waals surface area contributed by atoms with E-state index in [-0.39, 0.29) is 11.8 Å². The van der Waals surface area contributed by atoms with E-state index in [4.69, 9.17) is 10.5 Å². The molecule has 0 aromatic rings. The molecular formula is C11H23N3O2. The molecule has 0 aromatic carbocycles. The number of nitrogens with zero attached hydrogens (tertiary/aromatic N) is 1. The number of carbonyl (C=O) groups is 1. The molecule has 0 radical (unpaired) electrons. The first-order valence-electron chi connectivity index (χ1n) is 5.74. The van der Waals surface area contributed by atoms with Crippen LogP contribution in [0.5, 0.6) is 0 Å². The minimum absolute atomic E-state index is 0.187. The summed E-state index contributed by atoms with van der Waals surface area (Å²) < 4.78 is 5.32. The lowest BCUT2D eigenvalue weighted by atomic mass is 9.84. The van der Waals surface area contributed by atoms with Crippen LogP contribution < -0.4 is 11.1 Å². The van der Waals surface area contributed by atoms with Crippen LogP contribution in [0.3, 0.4) is 0 Å². The van der Waals surface area contributed by atoms with Crippen molar-refractivity contribution in [3.8, 4) is 0 Å². The van der Waals surface area contributed by atoms with Gasteiger partial charge in [0.1, 0.15) is 0 Å². The van der Waals surface area contributed by atoms with Crippen molar-refractivity contribution in [3.05, 3.63) is 0 Å². The molecular weight excluding hydrogens is 206 g/mol. The van der Waals surface area contributed by atoms with E-state index in [1.54, 1.807) is 0 Å². The van der Waals surface area contributed by atoms with Crippen molar-refractivity contribution in [1.82, 2.24) is 10.2 Å². The predicted octanol–water partition coefficient (Wildman–Crippen LogP) is -0.582. The molecule has 5 nitrogen and oxygen atoms in total. The zero-order valence-electron chi connectivity index (χ0n) is 10.5. The maximum absolute atomic E-state index is 11.6. The van der Waals surface area contributed by atoms with E-state index in [9.17, 15) is 4.79 Å². The highest BCUT2D eigenvalue weighted by Gasteiger charge is 2.41. The molecule has 0 saturated carbocycles. The first-order chi connectivity index (χ1) is 7.47. The first-order valence-corrected chi connectivity index (χ1v) is 5.74. The van der Waals surface area contributed by atoms with E-state index >= 15 is 0 Å². The molecule has 1 saturated heterocycles. The van der Waals surface area contributed by atoms with Crippen LogP contribution in [0.1, 0.15) is 13.3 Å². The molecule has 1 heterocycles. The van der Waals surface area contributed by atoms with Gasteiger partial charge in [-0.2, -0.15) is 0 Å². The van der Waals surface area contributed by atoms with Gasteiger partial charge >= 0.3 is 0 Å². The molecule has 1 amide bonds. The van der Waals surface area contributed by atoms with E-state index in [2.05, 4.69) is 10.2 Å². The highest BCUT2D eigenvalue weighted by Crippen LogP contribution is 2.25. The summed E-state index contributed by atoms with van der Waals surface area (Å²) >= 11 is 0. The molecule has 1 aliphatic heterocycles. The molecule has 0 aliphatic carbocycles. The van der Waals surface area contributed by atoms with Crippen molar-refractivity contribution >= 4 is 5.91 Å². The monoisotopic (exact) mass is 229 g/mol. The second kappa shape index (κ2) is 5.61. The van der Waals surface area contributed by atoms with E-state index in [1.165, 1.54) is 0 Å². The van der Waals surface area contributed by atoms with Crippen molar-refractivity contribution in [2.24, 2.45) is 11.7 Å². The number of hydrogen-bond donors (Lipinski definition) is 2. The maximum Gasteiger partial charge on any atom is 0.237 e. The molecule has 0 aromatic heterocycles. The Morgan fingerprint density at radius 1 is 1.62 bits per heavy atom. The predicted molar refractivity (Wildman–Crippen MR) is 63.1 cm³/mol. The lowest BCUT2D eigenvalue weighted by Gasteiger charge is -2.33. The summed E-state index contributed by atoms with van der Waals surface area (Å²) in [7, 11) is 4.00. The number of rotatable bonds is 6. The van der Waals surface area contributed by atoms with Gasteiger partial charge in [0.15, 0.2) is 0 Å². The number of nitrogens with one attached hydrogen (secondary N) is 1. The summed E-state index contributed by atoms with van der Waals surface area (Å²) in [5, 5.41) is 3.27. The number of ether oxygens (including phenoxy) is 1. The summed E-state index contributed by atoms with van der Waals surface area (Å²) in [5.74, 6) is -0.103. The Morgan fingerprint density at radius 3 is 2.75 bits per heavy atom. The maximum atomic E-state index is 11.6. The summed E-state index contributed by atoms with van der Waals surface area (Å²) in [6, 6.07) is 0. The van der Waals surface area contributed by atoms with Crippen LogP contribution in [0.2, 0.25) is 0 Å². The Morgan fingerprint density at radius 2 is 2.31 bits per heavy atom. The van der Waals surface area contributed by atoms with Gasteiger partial charge in [0, 0.05) is 25.6 Å². The average Bonchev–Trinajstić information content (AvgIpc) is 2.69. The topological polar surface area (TPSA) is 67.6 Å². The largest absolute Gasteiger partial charge is 0.381 e. The van der Waals surface area contributed by atoms with Gasteiger partial charge < -0.3 is 20.7 Å². The fourth-order valence-corrected chi connectivity index (χ4v) is 1.96. The minimum Gasteiger partial charge on any atom is -0.381 e. The lowest BCUT2D eigenvalue weighted by molar-refractivity contribution is -0.126. The SMILES string of the molecule is CN(C)CCNC(C)(C(N)=O)C1CCOC1. The molecule has 0 spiro atoms. The fraction of sp³-hybridized carbons (Fsp3) is 0.909. The van der Waals surface area contributed by atoms with Gasteiger partial charge in [-0.25, -0.2) is 0 Å². The first kappa shape index (κ1) is 13.4.